The predicted octanol–water partition coefficient (Wildman–Crippen LogP) is 2.72. The van der Waals surface area contributed by atoms with Crippen LogP contribution in [0.25, 0.3) is 0 Å². The van der Waals surface area contributed by atoms with Gasteiger partial charge in [0.05, 0.1) is 6.10 Å². The molecule has 0 saturated carbocycles. The van der Waals surface area contributed by atoms with Crippen molar-refractivity contribution in [1.82, 2.24) is 5.32 Å². The molecule has 1 N–H and O–H groups in total. The van der Waals surface area contributed by atoms with Gasteiger partial charge in [0.1, 0.15) is 0 Å². The molecule has 0 aliphatic carbocycles. The number of hydrogen-bond donors (Lipinski definition) is 1. The van der Waals surface area contributed by atoms with Gasteiger partial charge in [0.25, 0.3) is 0 Å². The minimum atomic E-state index is 0.527. The van der Waals surface area contributed by atoms with Crippen molar-refractivity contribution in [2.24, 2.45) is 0 Å². The van der Waals surface area contributed by atoms with Gasteiger partial charge in [-0.1, -0.05) is 20.3 Å². The van der Waals surface area contributed by atoms with Gasteiger partial charge in [-0.3, -0.25) is 0 Å². The molecule has 14 heavy (non-hydrogen) atoms. The van der Waals surface area contributed by atoms with E-state index in [2.05, 4.69) is 19.2 Å². The molecule has 2 nitrogen and oxygen atoms in total. The van der Waals surface area contributed by atoms with Crippen LogP contribution < -0.4 is 5.32 Å². The summed E-state index contributed by atoms with van der Waals surface area (Å²) in [4.78, 5) is 0. The van der Waals surface area contributed by atoms with E-state index in [1.165, 1.54) is 38.5 Å². The quantitative estimate of drug-likeness (QED) is 0.710. The van der Waals surface area contributed by atoms with E-state index in [1.54, 1.807) is 0 Å². The highest BCUT2D eigenvalue weighted by Gasteiger charge is 2.18. The molecule has 1 rings (SSSR count). The van der Waals surface area contributed by atoms with Gasteiger partial charge in [0.2, 0.25) is 0 Å². The summed E-state index contributed by atoms with van der Waals surface area (Å²) >= 11 is 0. The molecule has 1 fully saturated rings. The highest BCUT2D eigenvalue weighted by molar-refractivity contribution is 4.73. The predicted molar refractivity (Wildman–Crippen MR) is 60.6 cm³/mol. The largest absolute Gasteiger partial charge is 0.378 e. The summed E-state index contributed by atoms with van der Waals surface area (Å²) in [7, 11) is 0. The van der Waals surface area contributed by atoms with E-state index in [0.717, 1.165) is 13.2 Å². The Labute approximate surface area is 88.4 Å². The van der Waals surface area contributed by atoms with E-state index >= 15 is 0 Å². The topological polar surface area (TPSA) is 21.3 Å². The SMILES string of the molecule is CCCC(CC1CCCCO1)NCC. The molecule has 84 valence electrons. The monoisotopic (exact) mass is 199 g/mol. The molecule has 2 atom stereocenters. The number of hydrogen-bond acceptors (Lipinski definition) is 2. The lowest BCUT2D eigenvalue weighted by Gasteiger charge is -2.27. The zero-order valence-electron chi connectivity index (χ0n) is 9.72. The minimum absolute atomic E-state index is 0.527. The Hall–Kier alpha value is -0.0800. The first kappa shape index (κ1) is 12.0. The van der Waals surface area contributed by atoms with Crippen molar-refractivity contribution in [3.05, 3.63) is 0 Å². The third-order valence-corrected chi connectivity index (χ3v) is 2.95. The Morgan fingerprint density at radius 3 is 2.79 bits per heavy atom. The van der Waals surface area contributed by atoms with Crippen LogP contribution in [0.1, 0.15) is 52.4 Å². The summed E-state index contributed by atoms with van der Waals surface area (Å²) in [5.74, 6) is 0. The normalized spacial score (nSPS) is 24.9. The van der Waals surface area contributed by atoms with Crippen LogP contribution in [0.15, 0.2) is 0 Å². The fourth-order valence-electron chi connectivity index (χ4n) is 2.25. The summed E-state index contributed by atoms with van der Waals surface area (Å²) in [6.45, 7) is 6.50. The molecule has 0 aromatic heterocycles. The average Bonchev–Trinajstić information content (AvgIpc) is 2.20. The summed E-state index contributed by atoms with van der Waals surface area (Å²) in [6, 6.07) is 0.674. The molecule has 1 heterocycles. The van der Waals surface area contributed by atoms with E-state index < -0.39 is 0 Å². The maximum Gasteiger partial charge on any atom is 0.0590 e. The average molecular weight is 199 g/mol. The second kappa shape index (κ2) is 7.24. The molecular formula is C12H25NO. The molecular weight excluding hydrogens is 174 g/mol. The van der Waals surface area contributed by atoms with Gasteiger partial charge in [-0.2, -0.15) is 0 Å². The summed E-state index contributed by atoms with van der Waals surface area (Å²) in [6.07, 6.45) is 8.18. The molecule has 0 aromatic carbocycles. The first-order valence-corrected chi connectivity index (χ1v) is 6.21. The van der Waals surface area contributed by atoms with Crippen LogP contribution in [0, 0.1) is 0 Å². The lowest BCUT2D eigenvalue weighted by atomic mass is 9.99. The highest BCUT2D eigenvalue weighted by Crippen LogP contribution is 2.18. The van der Waals surface area contributed by atoms with E-state index in [4.69, 9.17) is 4.74 Å². The first-order valence-electron chi connectivity index (χ1n) is 6.21. The van der Waals surface area contributed by atoms with Crippen molar-refractivity contribution < 1.29 is 4.74 Å². The Kier molecular flexibility index (Phi) is 6.20. The van der Waals surface area contributed by atoms with E-state index in [0.29, 0.717) is 12.1 Å². The van der Waals surface area contributed by atoms with Gasteiger partial charge < -0.3 is 10.1 Å². The van der Waals surface area contributed by atoms with Gasteiger partial charge in [-0.05, 0) is 38.6 Å². The van der Waals surface area contributed by atoms with Crippen molar-refractivity contribution in [1.29, 1.82) is 0 Å². The third-order valence-electron chi connectivity index (χ3n) is 2.95. The maximum absolute atomic E-state index is 5.76. The smallest absolute Gasteiger partial charge is 0.0590 e. The second-order valence-corrected chi connectivity index (χ2v) is 4.27. The van der Waals surface area contributed by atoms with Crippen LogP contribution in [-0.4, -0.2) is 25.3 Å². The second-order valence-electron chi connectivity index (χ2n) is 4.27. The van der Waals surface area contributed by atoms with E-state index in [-0.39, 0.29) is 0 Å². The molecule has 0 bridgehead atoms. The van der Waals surface area contributed by atoms with Gasteiger partial charge in [0.15, 0.2) is 0 Å². The Morgan fingerprint density at radius 2 is 2.21 bits per heavy atom. The molecule has 0 aromatic rings. The van der Waals surface area contributed by atoms with Crippen LogP contribution in [0.4, 0.5) is 0 Å². The van der Waals surface area contributed by atoms with Crippen molar-refractivity contribution in [3.8, 4) is 0 Å². The third kappa shape index (κ3) is 4.43. The molecule has 0 spiro atoms. The molecule has 2 heteroatoms. The lowest BCUT2D eigenvalue weighted by molar-refractivity contribution is 0.00478. The van der Waals surface area contributed by atoms with Crippen LogP contribution in [0.3, 0.4) is 0 Å². The van der Waals surface area contributed by atoms with Gasteiger partial charge in [-0.25, -0.2) is 0 Å². The number of rotatable bonds is 6. The standard InChI is InChI=1S/C12H25NO/c1-3-7-11(13-4-2)10-12-8-5-6-9-14-12/h11-13H,3-10H2,1-2H3. The number of nitrogens with one attached hydrogen (secondary N) is 1. The minimum Gasteiger partial charge on any atom is -0.378 e. The summed E-state index contributed by atoms with van der Waals surface area (Å²) < 4.78 is 5.76. The summed E-state index contributed by atoms with van der Waals surface area (Å²) in [5.41, 5.74) is 0. The van der Waals surface area contributed by atoms with Gasteiger partial charge in [0, 0.05) is 12.6 Å². The molecule has 0 radical (unpaired) electrons. The molecule has 2 unspecified atom stereocenters. The van der Waals surface area contributed by atoms with Crippen LogP contribution in [-0.2, 0) is 4.74 Å². The zero-order valence-corrected chi connectivity index (χ0v) is 9.72. The Morgan fingerprint density at radius 1 is 1.36 bits per heavy atom. The maximum atomic E-state index is 5.76. The van der Waals surface area contributed by atoms with Crippen molar-refractivity contribution in [3.63, 3.8) is 0 Å². The van der Waals surface area contributed by atoms with Gasteiger partial charge in [-0.15, -0.1) is 0 Å². The fraction of sp³-hybridized carbons (Fsp3) is 1.00. The fourth-order valence-corrected chi connectivity index (χ4v) is 2.25. The molecule has 1 aliphatic rings. The Bertz CT molecular complexity index is 126. The zero-order chi connectivity index (χ0) is 10.2. The van der Waals surface area contributed by atoms with Crippen LogP contribution in [0.2, 0.25) is 0 Å². The molecule has 1 aliphatic heterocycles. The van der Waals surface area contributed by atoms with Crippen LogP contribution >= 0.6 is 0 Å². The molecule has 1 saturated heterocycles. The highest BCUT2D eigenvalue weighted by atomic mass is 16.5. The molecule has 0 amide bonds. The van der Waals surface area contributed by atoms with Gasteiger partial charge >= 0.3 is 0 Å². The van der Waals surface area contributed by atoms with Crippen molar-refractivity contribution in [2.75, 3.05) is 13.2 Å². The first-order chi connectivity index (χ1) is 6.86. The van der Waals surface area contributed by atoms with Crippen molar-refractivity contribution >= 4 is 0 Å². The van der Waals surface area contributed by atoms with Crippen LogP contribution in [0.5, 0.6) is 0 Å². The van der Waals surface area contributed by atoms with E-state index in [9.17, 15) is 0 Å². The Balaban J connectivity index is 2.21. The summed E-state index contributed by atoms with van der Waals surface area (Å²) in [5, 5.41) is 3.55. The lowest BCUT2D eigenvalue weighted by Crippen LogP contribution is -2.34. The van der Waals surface area contributed by atoms with Crippen molar-refractivity contribution in [2.45, 2.75) is 64.5 Å². The number of ether oxygens (including phenoxy) is 1. The van der Waals surface area contributed by atoms with E-state index in [1.807, 2.05) is 0 Å².